The van der Waals surface area contributed by atoms with Crippen LogP contribution in [-0.4, -0.2) is 17.7 Å². The molecule has 19 heavy (non-hydrogen) atoms. The minimum absolute atomic E-state index is 0.200. The van der Waals surface area contributed by atoms with Crippen molar-refractivity contribution in [3.05, 3.63) is 29.8 Å². The Morgan fingerprint density at radius 3 is 2.74 bits per heavy atom. The SMILES string of the molecule is CC(C)(C)OC(=O)N1c2ccccc2[C@@H]2CCC[C@@H]21. The summed E-state index contributed by atoms with van der Waals surface area (Å²) in [6, 6.07) is 8.55. The van der Waals surface area contributed by atoms with Crippen LogP contribution in [0.25, 0.3) is 0 Å². The molecule has 1 aliphatic carbocycles. The first-order valence-electron chi connectivity index (χ1n) is 7.08. The number of ether oxygens (including phenoxy) is 1. The van der Waals surface area contributed by atoms with Crippen LogP contribution in [0.1, 0.15) is 51.5 Å². The molecule has 0 unspecified atom stereocenters. The van der Waals surface area contributed by atoms with Gasteiger partial charge in [-0.1, -0.05) is 24.6 Å². The van der Waals surface area contributed by atoms with Gasteiger partial charge in [0.15, 0.2) is 0 Å². The number of amides is 1. The van der Waals surface area contributed by atoms with Gasteiger partial charge in [0.2, 0.25) is 0 Å². The average molecular weight is 259 g/mol. The highest BCUT2D eigenvalue weighted by Crippen LogP contribution is 2.49. The lowest BCUT2D eigenvalue weighted by Crippen LogP contribution is -2.41. The van der Waals surface area contributed by atoms with E-state index in [0.29, 0.717) is 12.0 Å². The molecule has 0 saturated heterocycles. The van der Waals surface area contributed by atoms with Crippen molar-refractivity contribution in [1.82, 2.24) is 0 Å². The van der Waals surface area contributed by atoms with Crippen LogP contribution in [0.2, 0.25) is 0 Å². The third-order valence-electron chi connectivity index (χ3n) is 4.00. The Kier molecular flexibility index (Phi) is 2.80. The van der Waals surface area contributed by atoms with E-state index in [1.165, 1.54) is 18.4 Å². The highest BCUT2D eigenvalue weighted by Gasteiger charge is 2.45. The molecule has 1 aliphatic heterocycles. The number of hydrogen-bond donors (Lipinski definition) is 0. The van der Waals surface area contributed by atoms with Gasteiger partial charge < -0.3 is 4.74 Å². The first-order valence-corrected chi connectivity index (χ1v) is 7.08. The predicted octanol–water partition coefficient (Wildman–Crippen LogP) is 4.08. The van der Waals surface area contributed by atoms with Crippen LogP contribution in [0, 0.1) is 0 Å². The fourth-order valence-corrected chi connectivity index (χ4v) is 3.36. The Hall–Kier alpha value is -1.51. The summed E-state index contributed by atoms with van der Waals surface area (Å²) in [4.78, 5) is 14.4. The van der Waals surface area contributed by atoms with Crippen LogP contribution >= 0.6 is 0 Å². The van der Waals surface area contributed by atoms with Gasteiger partial charge in [-0.15, -0.1) is 0 Å². The smallest absolute Gasteiger partial charge is 0.415 e. The number of anilines is 1. The number of benzene rings is 1. The number of carbonyl (C=O) groups is 1. The molecule has 1 heterocycles. The highest BCUT2D eigenvalue weighted by molar-refractivity contribution is 5.92. The Balaban J connectivity index is 1.94. The van der Waals surface area contributed by atoms with E-state index in [1.54, 1.807) is 0 Å². The molecule has 3 nitrogen and oxygen atoms in total. The van der Waals surface area contributed by atoms with Crippen LogP contribution in [0.5, 0.6) is 0 Å². The summed E-state index contributed by atoms with van der Waals surface area (Å²) in [6.45, 7) is 5.75. The molecule has 3 rings (SSSR count). The molecular formula is C16H21NO2. The Labute approximate surface area is 114 Å². The molecule has 3 heteroatoms. The van der Waals surface area contributed by atoms with Crippen molar-refractivity contribution in [3.8, 4) is 0 Å². The summed E-state index contributed by atoms with van der Waals surface area (Å²) in [5.74, 6) is 0.503. The van der Waals surface area contributed by atoms with Gasteiger partial charge in [-0.3, -0.25) is 4.90 Å². The minimum Gasteiger partial charge on any atom is -0.443 e. The van der Waals surface area contributed by atoms with Gasteiger partial charge in [0.25, 0.3) is 0 Å². The van der Waals surface area contributed by atoms with Gasteiger partial charge in [-0.2, -0.15) is 0 Å². The zero-order valence-electron chi connectivity index (χ0n) is 11.8. The van der Waals surface area contributed by atoms with Gasteiger partial charge >= 0.3 is 6.09 Å². The monoisotopic (exact) mass is 259 g/mol. The summed E-state index contributed by atoms with van der Waals surface area (Å²) in [6.07, 6.45) is 3.26. The number of fused-ring (bicyclic) bond motifs is 3. The van der Waals surface area contributed by atoms with Gasteiger partial charge in [-0.05, 0) is 45.2 Å². The maximum Gasteiger partial charge on any atom is 0.415 e. The van der Waals surface area contributed by atoms with Crippen molar-refractivity contribution in [1.29, 1.82) is 0 Å². The Morgan fingerprint density at radius 2 is 2.00 bits per heavy atom. The van der Waals surface area contributed by atoms with Crippen molar-refractivity contribution >= 4 is 11.8 Å². The molecule has 0 radical (unpaired) electrons. The van der Waals surface area contributed by atoms with Crippen LogP contribution < -0.4 is 4.90 Å². The minimum atomic E-state index is -0.442. The molecule has 0 N–H and O–H groups in total. The van der Waals surface area contributed by atoms with Gasteiger partial charge in [-0.25, -0.2) is 4.79 Å². The number of hydrogen-bond acceptors (Lipinski definition) is 2. The number of nitrogens with zero attached hydrogens (tertiary/aromatic N) is 1. The standard InChI is InChI=1S/C16H21NO2/c1-16(2,3)19-15(18)17-13-9-5-4-7-11(13)12-8-6-10-14(12)17/h4-5,7,9,12,14H,6,8,10H2,1-3H3/t12-,14-/m0/s1. The molecule has 0 spiro atoms. The summed E-state index contributed by atoms with van der Waals surface area (Å²) < 4.78 is 5.57. The number of rotatable bonds is 0. The number of carbonyl (C=O) groups excluding carboxylic acids is 1. The third kappa shape index (κ3) is 2.11. The quantitative estimate of drug-likeness (QED) is 0.702. The van der Waals surface area contributed by atoms with E-state index < -0.39 is 5.60 Å². The first kappa shape index (κ1) is 12.5. The van der Waals surface area contributed by atoms with Gasteiger partial charge in [0.1, 0.15) is 5.60 Å². The molecule has 2 atom stereocenters. The Morgan fingerprint density at radius 1 is 1.26 bits per heavy atom. The summed E-state index contributed by atoms with van der Waals surface area (Å²) in [5.41, 5.74) is 1.92. The largest absolute Gasteiger partial charge is 0.443 e. The van der Waals surface area contributed by atoms with Crippen molar-refractivity contribution < 1.29 is 9.53 Å². The lowest BCUT2D eigenvalue weighted by molar-refractivity contribution is 0.0568. The molecule has 1 fully saturated rings. The van der Waals surface area contributed by atoms with Gasteiger partial charge in [0.05, 0.1) is 5.69 Å². The van der Waals surface area contributed by atoms with Crippen molar-refractivity contribution in [2.75, 3.05) is 4.90 Å². The second kappa shape index (κ2) is 4.26. The van der Waals surface area contributed by atoms with E-state index in [1.807, 2.05) is 37.8 Å². The van der Waals surface area contributed by atoms with E-state index in [2.05, 4.69) is 12.1 Å². The molecular weight excluding hydrogens is 238 g/mol. The normalized spacial score (nSPS) is 25.1. The van der Waals surface area contributed by atoms with E-state index in [4.69, 9.17) is 4.74 Å². The molecule has 0 aromatic heterocycles. The maximum atomic E-state index is 12.5. The second-order valence-electron chi connectivity index (χ2n) is 6.51. The fourth-order valence-electron chi connectivity index (χ4n) is 3.36. The lowest BCUT2D eigenvalue weighted by atomic mass is 9.98. The zero-order chi connectivity index (χ0) is 13.6. The maximum absolute atomic E-state index is 12.5. The molecule has 1 amide bonds. The fraction of sp³-hybridized carbons (Fsp3) is 0.562. The van der Waals surface area contributed by atoms with Crippen molar-refractivity contribution in [3.63, 3.8) is 0 Å². The average Bonchev–Trinajstić information content (AvgIpc) is 2.85. The first-order chi connectivity index (χ1) is 8.97. The van der Waals surface area contributed by atoms with Gasteiger partial charge in [0, 0.05) is 12.0 Å². The second-order valence-corrected chi connectivity index (χ2v) is 6.51. The molecule has 102 valence electrons. The van der Waals surface area contributed by atoms with E-state index >= 15 is 0 Å². The molecule has 1 aromatic rings. The highest BCUT2D eigenvalue weighted by atomic mass is 16.6. The molecule has 1 aromatic carbocycles. The van der Waals surface area contributed by atoms with Crippen LogP contribution in [0.15, 0.2) is 24.3 Å². The lowest BCUT2D eigenvalue weighted by Gasteiger charge is -2.28. The predicted molar refractivity (Wildman–Crippen MR) is 75.5 cm³/mol. The van der Waals surface area contributed by atoms with Crippen LogP contribution in [0.3, 0.4) is 0 Å². The van der Waals surface area contributed by atoms with Crippen LogP contribution in [-0.2, 0) is 4.74 Å². The van der Waals surface area contributed by atoms with E-state index in [0.717, 1.165) is 12.1 Å². The van der Waals surface area contributed by atoms with E-state index in [-0.39, 0.29) is 6.09 Å². The Bertz CT molecular complexity index is 504. The number of para-hydroxylation sites is 1. The summed E-state index contributed by atoms with van der Waals surface area (Å²) >= 11 is 0. The molecule has 0 bridgehead atoms. The van der Waals surface area contributed by atoms with Crippen molar-refractivity contribution in [2.45, 2.75) is 57.6 Å². The topological polar surface area (TPSA) is 29.5 Å². The summed E-state index contributed by atoms with van der Waals surface area (Å²) in [5, 5.41) is 0. The van der Waals surface area contributed by atoms with Crippen LogP contribution in [0.4, 0.5) is 10.5 Å². The summed E-state index contributed by atoms with van der Waals surface area (Å²) in [7, 11) is 0. The van der Waals surface area contributed by atoms with E-state index in [9.17, 15) is 4.79 Å². The third-order valence-corrected chi connectivity index (χ3v) is 4.00. The zero-order valence-corrected chi connectivity index (χ0v) is 11.8. The van der Waals surface area contributed by atoms with Crippen molar-refractivity contribution in [2.24, 2.45) is 0 Å². The molecule has 2 aliphatic rings. The molecule has 1 saturated carbocycles.